The lowest BCUT2D eigenvalue weighted by Gasteiger charge is -2.19. The molecule has 0 bridgehead atoms. The standard InChI is InChI=1S/C17H17N3OS/c1-13-5-4-6-14(11-13)15(20-8-2-3-9-20)12-16(21)19-17-18-7-10-22-17/h2-11,15H,12H2,1H3,(H,18,19,21)/t15-/m1/s1. The van der Waals surface area contributed by atoms with Crippen LogP contribution in [-0.4, -0.2) is 15.5 Å². The number of anilines is 1. The van der Waals surface area contributed by atoms with Crippen LogP contribution in [0.25, 0.3) is 0 Å². The van der Waals surface area contributed by atoms with Crippen LogP contribution in [0.5, 0.6) is 0 Å². The third-order valence-corrected chi connectivity index (χ3v) is 4.16. The highest BCUT2D eigenvalue weighted by atomic mass is 32.1. The lowest BCUT2D eigenvalue weighted by Crippen LogP contribution is -2.19. The summed E-state index contributed by atoms with van der Waals surface area (Å²) >= 11 is 1.42. The molecule has 2 aromatic heterocycles. The predicted octanol–water partition coefficient (Wildman–Crippen LogP) is 3.87. The molecule has 5 heteroatoms. The molecular formula is C17H17N3OS. The third-order valence-electron chi connectivity index (χ3n) is 3.47. The number of aryl methyl sites for hydroxylation is 1. The van der Waals surface area contributed by atoms with Crippen molar-refractivity contribution < 1.29 is 4.79 Å². The maximum Gasteiger partial charge on any atom is 0.228 e. The fraction of sp³-hybridized carbons (Fsp3) is 0.176. The fourth-order valence-corrected chi connectivity index (χ4v) is 3.00. The number of carbonyl (C=O) groups excluding carboxylic acids is 1. The normalized spacial score (nSPS) is 12.0. The second-order valence-electron chi connectivity index (χ2n) is 5.15. The Kier molecular flexibility index (Phi) is 4.34. The van der Waals surface area contributed by atoms with E-state index in [1.54, 1.807) is 6.20 Å². The predicted molar refractivity (Wildman–Crippen MR) is 89.1 cm³/mol. The van der Waals surface area contributed by atoms with Crippen LogP contribution in [0, 0.1) is 6.92 Å². The highest BCUT2D eigenvalue weighted by molar-refractivity contribution is 7.13. The average Bonchev–Trinajstić information content (AvgIpc) is 3.18. The van der Waals surface area contributed by atoms with Crippen molar-refractivity contribution in [3.63, 3.8) is 0 Å². The van der Waals surface area contributed by atoms with Gasteiger partial charge in [0.15, 0.2) is 5.13 Å². The zero-order valence-electron chi connectivity index (χ0n) is 12.3. The first-order valence-electron chi connectivity index (χ1n) is 7.11. The minimum atomic E-state index is -0.0323. The minimum absolute atomic E-state index is 0.0186. The van der Waals surface area contributed by atoms with Gasteiger partial charge in [-0.1, -0.05) is 29.8 Å². The molecule has 22 heavy (non-hydrogen) atoms. The average molecular weight is 311 g/mol. The third kappa shape index (κ3) is 3.43. The number of aromatic nitrogens is 2. The summed E-state index contributed by atoms with van der Waals surface area (Å²) in [6, 6.07) is 12.2. The van der Waals surface area contributed by atoms with E-state index < -0.39 is 0 Å². The second-order valence-corrected chi connectivity index (χ2v) is 6.04. The molecule has 3 aromatic rings. The van der Waals surface area contributed by atoms with Gasteiger partial charge in [-0.3, -0.25) is 4.79 Å². The van der Waals surface area contributed by atoms with E-state index in [1.165, 1.54) is 16.9 Å². The number of nitrogens with one attached hydrogen (secondary N) is 1. The van der Waals surface area contributed by atoms with E-state index in [-0.39, 0.29) is 11.9 Å². The van der Waals surface area contributed by atoms with Crippen LogP contribution < -0.4 is 5.32 Å². The van der Waals surface area contributed by atoms with E-state index in [1.807, 2.05) is 36.0 Å². The van der Waals surface area contributed by atoms with E-state index in [9.17, 15) is 4.79 Å². The molecule has 0 saturated carbocycles. The second kappa shape index (κ2) is 6.58. The topological polar surface area (TPSA) is 46.9 Å². The Hall–Kier alpha value is -2.40. The van der Waals surface area contributed by atoms with Gasteiger partial charge in [-0.05, 0) is 24.6 Å². The number of nitrogens with zero attached hydrogens (tertiary/aromatic N) is 2. The van der Waals surface area contributed by atoms with Crippen LogP contribution >= 0.6 is 11.3 Å². The summed E-state index contributed by atoms with van der Waals surface area (Å²) in [6.07, 6.45) is 6.04. The lowest BCUT2D eigenvalue weighted by atomic mass is 10.0. The van der Waals surface area contributed by atoms with Gasteiger partial charge in [0.25, 0.3) is 0 Å². The van der Waals surface area contributed by atoms with Crippen molar-refractivity contribution in [2.75, 3.05) is 5.32 Å². The van der Waals surface area contributed by atoms with Gasteiger partial charge in [0.05, 0.1) is 12.5 Å². The molecule has 0 fully saturated rings. The molecule has 1 amide bonds. The number of benzene rings is 1. The van der Waals surface area contributed by atoms with E-state index in [2.05, 4.69) is 40.0 Å². The Labute approximate surface area is 133 Å². The molecule has 1 N–H and O–H groups in total. The molecular weight excluding hydrogens is 294 g/mol. The van der Waals surface area contributed by atoms with E-state index in [4.69, 9.17) is 0 Å². The largest absolute Gasteiger partial charge is 0.346 e. The maximum atomic E-state index is 12.3. The molecule has 2 heterocycles. The SMILES string of the molecule is Cc1cccc([C@@H](CC(=O)Nc2nccs2)n2cccc2)c1. The quantitative estimate of drug-likeness (QED) is 0.777. The summed E-state index contributed by atoms with van der Waals surface area (Å²) in [6.45, 7) is 2.06. The van der Waals surface area contributed by atoms with Gasteiger partial charge in [0, 0.05) is 24.0 Å². The van der Waals surface area contributed by atoms with Crippen LogP contribution in [0.2, 0.25) is 0 Å². The molecule has 0 aliphatic rings. The first kappa shape index (κ1) is 14.5. The van der Waals surface area contributed by atoms with Crippen LogP contribution in [0.1, 0.15) is 23.6 Å². The van der Waals surface area contributed by atoms with Crippen LogP contribution in [0.4, 0.5) is 5.13 Å². The van der Waals surface area contributed by atoms with Gasteiger partial charge in [-0.15, -0.1) is 11.3 Å². The van der Waals surface area contributed by atoms with Gasteiger partial charge < -0.3 is 9.88 Å². The molecule has 3 rings (SSSR count). The summed E-state index contributed by atoms with van der Waals surface area (Å²) in [5, 5.41) is 5.34. The Morgan fingerprint density at radius 1 is 1.32 bits per heavy atom. The van der Waals surface area contributed by atoms with E-state index >= 15 is 0 Å². The molecule has 0 radical (unpaired) electrons. The van der Waals surface area contributed by atoms with Crippen molar-refractivity contribution >= 4 is 22.4 Å². The Balaban J connectivity index is 1.82. The molecule has 0 aliphatic heterocycles. The van der Waals surface area contributed by atoms with Crippen LogP contribution in [0.3, 0.4) is 0 Å². The molecule has 0 spiro atoms. The smallest absolute Gasteiger partial charge is 0.228 e. The number of thiazole rings is 1. The van der Waals surface area contributed by atoms with Crippen LogP contribution in [-0.2, 0) is 4.79 Å². The van der Waals surface area contributed by atoms with Gasteiger partial charge in [0.1, 0.15) is 0 Å². The van der Waals surface area contributed by atoms with E-state index in [0.717, 1.165) is 5.56 Å². The molecule has 1 aromatic carbocycles. The van der Waals surface area contributed by atoms with Gasteiger partial charge in [-0.25, -0.2) is 4.98 Å². The van der Waals surface area contributed by atoms with Crippen molar-refractivity contribution in [2.24, 2.45) is 0 Å². The molecule has 0 unspecified atom stereocenters. The fourth-order valence-electron chi connectivity index (χ4n) is 2.46. The summed E-state index contributed by atoms with van der Waals surface area (Å²) in [5.74, 6) is -0.0323. The van der Waals surface area contributed by atoms with Crippen molar-refractivity contribution in [1.29, 1.82) is 0 Å². The van der Waals surface area contributed by atoms with Gasteiger partial charge in [0.2, 0.25) is 5.91 Å². The summed E-state index contributed by atoms with van der Waals surface area (Å²) in [4.78, 5) is 16.4. The highest BCUT2D eigenvalue weighted by Gasteiger charge is 2.18. The van der Waals surface area contributed by atoms with Gasteiger partial charge in [-0.2, -0.15) is 0 Å². The Morgan fingerprint density at radius 3 is 2.82 bits per heavy atom. The maximum absolute atomic E-state index is 12.3. The van der Waals surface area contributed by atoms with Crippen molar-refractivity contribution in [3.8, 4) is 0 Å². The minimum Gasteiger partial charge on any atom is -0.346 e. The van der Waals surface area contributed by atoms with Crippen molar-refractivity contribution in [1.82, 2.24) is 9.55 Å². The lowest BCUT2D eigenvalue weighted by molar-refractivity contribution is -0.116. The number of amides is 1. The first-order valence-corrected chi connectivity index (χ1v) is 7.99. The van der Waals surface area contributed by atoms with Crippen molar-refractivity contribution in [2.45, 2.75) is 19.4 Å². The molecule has 112 valence electrons. The summed E-state index contributed by atoms with van der Waals surface area (Å²) < 4.78 is 2.07. The summed E-state index contributed by atoms with van der Waals surface area (Å²) in [5.41, 5.74) is 2.32. The molecule has 0 saturated heterocycles. The molecule has 0 aliphatic carbocycles. The first-order chi connectivity index (χ1) is 10.7. The zero-order chi connectivity index (χ0) is 15.4. The monoisotopic (exact) mass is 311 g/mol. The van der Waals surface area contributed by atoms with Gasteiger partial charge >= 0.3 is 0 Å². The highest BCUT2D eigenvalue weighted by Crippen LogP contribution is 2.24. The van der Waals surface area contributed by atoms with E-state index in [0.29, 0.717) is 11.6 Å². The molecule has 4 nitrogen and oxygen atoms in total. The molecule has 1 atom stereocenters. The van der Waals surface area contributed by atoms with Crippen LogP contribution in [0.15, 0.2) is 60.4 Å². The number of carbonyl (C=O) groups is 1. The Bertz CT molecular complexity index is 735. The summed E-state index contributed by atoms with van der Waals surface area (Å²) in [7, 11) is 0. The number of hydrogen-bond donors (Lipinski definition) is 1. The van der Waals surface area contributed by atoms with Crippen molar-refractivity contribution in [3.05, 3.63) is 71.5 Å². The number of hydrogen-bond acceptors (Lipinski definition) is 3. The number of rotatable bonds is 5. The zero-order valence-corrected chi connectivity index (χ0v) is 13.1. The Morgan fingerprint density at radius 2 is 2.14 bits per heavy atom.